The van der Waals surface area contributed by atoms with Gasteiger partial charge in [-0.3, -0.25) is 0 Å². The highest BCUT2D eigenvalue weighted by Crippen LogP contribution is 2.26. The molecule has 19 heavy (non-hydrogen) atoms. The van der Waals surface area contributed by atoms with Crippen molar-refractivity contribution in [2.45, 2.75) is 4.90 Å². The van der Waals surface area contributed by atoms with Crippen LogP contribution in [-0.4, -0.2) is 35.1 Å². The Kier molecular flexibility index (Phi) is 2.29. The molecule has 3 rings (SSSR count). The quantitative estimate of drug-likeness (QED) is 0.821. The minimum Gasteiger partial charge on any atom is -0.476 e. The summed E-state index contributed by atoms with van der Waals surface area (Å²) >= 11 is 0. The first-order valence-electron chi connectivity index (χ1n) is 5.23. The van der Waals surface area contributed by atoms with Crippen LogP contribution in [0.5, 0.6) is 0 Å². The number of carboxylic acid groups (broad SMARTS) is 1. The second-order valence-electron chi connectivity index (χ2n) is 3.84. The SMILES string of the molecule is O=C(O)c1ccn(C2=NS(=O)(=O)c3ccccc32)n1. The molecule has 1 N–H and O–H groups in total. The Balaban J connectivity index is 2.19. The van der Waals surface area contributed by atoms with E-state index in [9.17, 15) is 13.2 Å². The fraction of sp³-hybridized carbons (Fsp3) is 0. The zero-order valence-electron chi connectivity index (χ0n) is 9.39. The molecule has 0 fully saturated rings. The molecular formula is C11H7N3O4S. The van der Waals surface area contributed by atoms with Crippen LogP contribution in [0.2, 0.25) is 0 Å². The molecule has 0 bridgehead atoms. The fourth-order valence-corrected chi connectivity index (χ4v) is 3.01. The fourth-order valence-electron chi connectivity index (χ4n) is 1.81. The lowest BCUT2D eigenvalue weighted by Crippen LogP contribution is -2.13. The van der Waals surface area contributed by atoms with Gasteiger partial charge in [0.05, 0.1) is 0 Å². The van der Waals surface area contributed by atoms with Gasteiger partial charge in [0.15, 0.2) is 11.5 Å². The van der Waals surface area contributed by atoms with Crippen molar-refractivity contribution in [3.63, 3.8) is 0 Å². The first-order valence-corrected chi connectivity index (χ1v) is 6.67. The summed E-state index contributed by atoms with van der Waals surface area (Å²) in [5, 5.41) is 12.6. The molecule has 0 aliphatic carbocycles. The summed E-state index contributed by atoms with van der Waals surface area (Å²) in [4.78, 5) is 10.9. The largest absolute Gasteiger partial charge is 0.476 e. The number of hydrogen-bond donors (Lipinski definition) is 1. The molecule has 0 unspecified atom stereocenters. The summed E-state index contributed by atoms with van der Waals surface area (Å²) < 4.78 is 28.4. The maximum absolute atomic E-state index is 11.8. The monoisotopic (exact) mass is 277 g/mol. The molecule has 0 saturated heterocycles. The molecule has 96 valence electrons. The van der Waals surface area contributed by atoms with Crippen LogP contribution >= 0.6 is 0 Å². The number of hydrogen-bond acceptors (Lipinski definition) is 4. The highest BCUT2D eigenvalue weighted by atomic mass is 32.2. The van der Waals surface area contributed by atoms with E-state index in [2.05, 4.69) is 9.50 Å². The summed E-state index contributed by atoms with van der Waals surface area (Å²) in [6, 6.07) is 7.60. The normalized spacial score (nSPS) is 15.9. The van der Waals surface area contributed by atoms with Gasteiger partial charge in [0.2, 0.25) is 0 Å². The third-order valence-corrected chi connectivity index (χ3v) is 3.96. The van der Waals surface area contributed by atoms with Crippen molar-refractivity contribution in [3.05, 3.63) is 47.8 Å². The van der Waals surface area contributed by atoms with E-state index in [-0.39, 0.29) is 16.4 Å². The second-order valence-corrected chi connectivity index (χ2v) is 5.41. The number of rotatable bonds is 1. The van der Waals surface area contributed by atoms with Crippen LogP contribution in [0.1, 0.15) is 16.1 Å². The maximum Gasteiger partial charge on any atom is 0.356 e. The average Bonchev–Trinajstić information content (AvgIpc) is 2.94. The van der Waals surface area contributed by atoms with Gasteiger partial charge >= 0.3 is 5.97 Å². The molecular weight excluding hydrogens is 270 g/mol. The van der Waals surface area contributed by atoms with E-state index in [1.165, 1.54) is 18.3 Å². The van der Waals surface area contributed by atoms with Crippen molar-refractivity contribution >= 4 is 21.8 Å². The lowest BCUT2D eigenvalue weighted by atomic mass is 10.2. The highest BCUT2D eigenvalue weighted by Gasteiger charge is 2.30. The number of fused-ring (bicyclic) bond motifs is 1. The van der Waals surface area contributed by atoms with Gasteiger partial charge in [0.1, 0.15) is 4.90 Å². The van der Waals surface area contributed by atoms with Crippen molar-refractivity contribution in [2.24, 2.45) is 4.40 Å². The third-order valence-electron chi connectivity index (χ3n) is 2.64. The van der Waals surface area contributed by atoms with Gasteiger partial charge in [-0.1, -0.05) is 12.1 Å². The third kappa shape index (κ3) is 1.73. The van der Waals surface area contributed by atoms with E-state index in [0.29, 0.717) is 5.56 Å². The number of nitrogens with zero attached hydrogens (tertiary/aromatic N) is 3. The van der Waals surface area contributed by atoms with E-state index in [1.807, 2.05) is 0 Å². The lowest BCUT2D eigenvalue weighted by Gasteiger charge is -2.00. The maximum atomic E-state index is 11.8. The topological polar surface area (TPSA) is 102 Å². The van der Waals surface area contributed by atoms with Crippen LogP contribution in [-0.2, 0) is 10.0 Å². The molecule has 1 aromatic heterocycles. The summed E-state index contributed by atoms with van der Waals surface area (Å²) in [7, 11) is -3.73. The lowest BCUT2D eigenvalue weighted by molar-refractivity contribution is 0.0690. The second kappa shape index (κ2) is 3.75. The van der Waals surface area contributed by atoms with Crippen molar-refractivity contribution < 1.29 is 18.3 Å². The molecule has 0 amide bonds. The predicted molar refractivity (Wildman–Crippen MR) is 64.7 cm³/mol. The minimum absolute atomic E-state index is 0.0948. The number of sulfonamides is 1. The van der Waals surface area contributed by atoms with Gasteiger partial charge in [0.25, 0.3) is 10.0 Å². The van der Waals surface area contributed by atoms with Gasteiger partial charge in [0, 0.05) is 11.8 Å². The van der Waals surface area contributed by atoms with Crippen LogP contribution < -0.4 is 0 Å². The van der Waals surface area contributed by atoms with Crippen LogP contribution in [0, 0.1) is 0 Å². The van der Waals surface area contributed by atoms with Gasteiger partial charge in [-0.25, -0.2) is 9.48 Å². The summed E-state index contributed by atoms with van der Waals surface area (Å²) in [6.07, 6.45) is 1.36. The minimum atomic E-state index is -3.73. The molecule has 0 atom stereocenters. The van der Waals surface area contributed by atoms with Gasteiger partial charge in [-0.05, 0) is 18.2 Å². The van der Waals surface area contributed by atoms with Crippen LogP contribution in [0.3, 0.4) is 0 Å². The van der Waals surface area contributed by atoms with Crippen molar-refractivity contribution in [2.75, 3.05) is 0 Å². The Morgan fingerprint density at radius 2 is 1.95 bits per heavy atom. The van der Waals surface area contributed by atoms with E-state index >= 15 is 0 Å². The predicted octanol–water partition coefficient (Wildman–Crippen LogP) is 0.579. The van der Waals surface area contributed by atoms with Gasteiger partial charge < -0.3 is 5.11 Å². The van der Waals surface area contributed by atoms with Gasteiger partial charge in [-0.15, -0.1) is 4.40 Å². The number of aromatic carboxylic acids is 1. The van der Waals surface area contributed by atoms with Crippen LogP contribution in [0.4, 0.5) is 0 Å². The molecule has 0 radical (unpaired) electrons. The zero-order chi connectivity index (χ0) is 13.6. The molecule has 2 aromatic rings. The molecule has 1 aliphatic heterocycles. The Labute approximate surface area is 107 Å². The Hall–Kier alpha value is -2.48. The van der Waals surface area contributed by atoms with Gasteiger partial charge in [-0.2, -0.15) is 13.5 Å². The Morgan fingerprint density at radius 3 is 2.63 bits per heavy atom. The first-order chi connectivity index (χ1) is 8.99. The molecule has 0 saturated carbocycles. The van der Waals surface area contributed by atoms with E-state index < -0.39 is 16.0 Å². The standard InChI is InChI=1S/C11H7N3O4S/c15-11(16)8-5-6-14(12-8)10-7-3-1-2-4-9(7)19(17,18)13-10/h1-6H,(H,15,16). The molecule has 2 heterocycles. The summed E-state index contributed by atoms with van der Waals surface area (Å²) in [5.74, 6) is -1.09. The molecule has 0 spiro atoms. The van der Waals surface area contributed by atoms with Crippen molar-refractivity contribution in [1.82, 2.24) is 9.78 Å². The van der Waals surface area contributed by atoms with Crippen LogP contribution in [0.25, 0.3) is 0 Å². The first kappa shape index (κ1) is 11.6. The number of benzene rings is 1. The Morgan fingerprint density at radius 1 is 1.21 bits per heavy atom. The average molecular weight is 277 g/mol. The molecule has 8 heteroatoms. The van der Waals surface area contributed by atoms with Crippen molar-refractivity contribution in [1.29, 1.82) is 0 Å². The summed E-state index contributed by atoms with van der Waals surface area (Å²) in [5.41, 5.74) is 0.229. The summed E-state index contributed by atoms with van der Waals surface area (Å²) in [6.45, 7) is 0. The highest BCUT2D eigenvalue weighted by molar-refractivity contribution is 7.90. The van der Waals surface area contributed by atoms with E-state index in [4.69, 9.17) is 5.11 Å². The zero-order valence-corrected chi connectivity index (χ0v) is 10.2. The van der Waals surface area contributed by atoms with E-state index in [1.54, 1.807) is 18.2 Å². The number of carboxylic acids is 1. The van der Waals surface area contributed by atoms with Crippen molar-refractivity contribution in [3.8, 4) is 0 Å². The Bertz CT molecular complexity index is 820. The van der Waals surface area contributed by atoms with Crippen LogP contribution in [0.15, 0.2) is 45.8 Å². The smallest absolute Gasteiger partial charge is 0.356 e. The molecule has 1 aliphatic rings. The molecule has 7 nitrogen and oxygen atoms in total. The molecule has 1 aromatic carbocycles. The number of aromatic nitrogens is 2. The van der Waals surface area contributed by atoms with E-state index in [0.717, 1.165) is 4.68 Å². The number of carbonyl (C=O) groups is 1.